The molecule has 1 unspecified atom stereocenters. The summed E-state index contributed by atoms with van der Waals surface area (Å²) in [5.41, 5.74) is 1.28. The lowest BCUT2D eigenvalue weighted by atomic mass is 9.81. The molecule has 37 heavy (non-hydrogen) atoms. The fourth-order valence-corrected chi connectivity index (χ4v) is 5.80. The van der Waals surface area contributed by atoms with Crippen LogP contribution in [0.15, 0.2) is 36.4 Å². The molecule has 2 N–H and O–H groups in total. The van der Waals surface area contributed by atoms with Crippen molar-refractivity contribution in [3.05, 3.63) is 59.2 Å². The zero-order valence-corrected chi connectivity index (χ0v) is 20.8. The van der Waals surface area contributed by atoms with Gasteiger partial charge in [0.25, 0.3) is 11.8 Å². The minimum atomic E-state index is -1.10. The normalized spacial score (nSPS) is 21.0. The van der Waals surface area contributed by atoms with E-state index in [1.54, 1.807) is 28.0 Å². The van der Waals surface area contributed by atoms with Crippen LogP contribution in [0.25, 0.3) is 0 Å². The molecule has 9 heteroatoms. The third-order valence-electron chi connectivity index (χ3n) is 7.71. The van der Waals surface area contributed by atoms with E-state index in [2.05, 4.69) is 10.6 Å². The Morgan fingerprint density at radius 3 is 2.38 bits per heavy atom. The predicted octanol–water partition coefficient (Wildman–Crippen LogP) is 4.34. The van der Waals surface area contributed by atoms with Gasteiger partial charge in [-0.1, -0.05) is 19.3 Å². The fraction of sp³-hybridized carbons (Fsp3) is 0.464. The lowest BCUT2D eigenvalue weighted by molar-refractivity contribution is -0.116. The number of rotatable bonds is 3. The zero-order chi connectivity index (χ0) is 25.9. The number of benzene rings is 2. The van der Waals surface area contributed by atoms with Crippen LogP contribution in [0, 0.1) is 17.6 Å². The summed E-state index contributed by atoms with van der Waals surface area (Å²) >= 11 is 0. The summed E-state index contributed by atoms with van der Waals surface area (Å²) in [4.78, 5) is 43.5. The van der Waals surface area contributed by atoms with Gasteiger partial charge in [-0.3, -0.25) is 14.4 Å². The fourth-order valence-electron chi connectivity index (χ4n) is 5.80. The third kappa shape index (κ3) is 5.37. The molecule has 2 aromatic rings. The number of halogens is 2. The van der Waals surface area contributed by atoms with Crippen molar-refractivity contribution in [1.82, 2.24) is 10.2 Å². The maximum Gasteiger partial charge on any atom is 0.258 e. The molecule has 3 aliphatic rings. The summed E-state index contributed by atoms with van der Waals surface area (Å²) in [5, 5.41) is 6.19. The van der Waals surface area contributed by atoms with Crippen molar-refractivity contribution in [1.29, 1.82) is 0 Å². The van der Waals surface area contributed by atoms with Crippen LogP contribution >= 0.6 is 0 Å². The van der Waals surface area contributed by atoms with Crippen molar-refractivity contribution in [2.45, 2.75) is 51.0 Å². The molecule has 1 atom stereocenters. The molecule has 3 amide bonds. The van der Waals surface area contributed by atoms with Crippen LogP contribution in [0.5, 0.6) is 0 Å². The van der Waals surface area contributed by atoms with E-state index < -0.39 is 23.6 Å². The molecular weight excluding hydrogens is 478 g/mol. The number of carbonyl (C=O) groups is 3. The number of carbonyl (C=O) groups excluding carboxylic acids is 3. The second-order valence-corrected chi connectivity index (χ2v) is 10.1. The first kappa shape index (κ1) is 25.3. The quantitative estimate of drug-likeness (QED) is 0.644. The molecule has 1 saturated heterocycles. The van der Waals surface area contributed by atoms with E-state index in [0.717, 1.165) is 57.2 Å². The zero-order valence-electron chi connectivity index (χ0n) is 20.8. The number of anilines is 2. The summed E-state index contributed by atoms with van der Waals surface area (Å²) in [6.45, 7) is 2.80. The van der Waals surface area contributed by atoms with E-state index >= 15 is 0 Å². The van der Waals surface area contributed by atoms with Gasteiger partial charge in [0.15, 0.2) is 11.6 Å². The van der Waals surface area contributed by atoms with Gasteiger partial charge >= 0.3 is 0 Å². The van der Waals surface area contributed by atoms with Crippen LogP contribution in [-0.4, -0.2) is 54.8 Å². The molecule has 2 aliphatic heterocycles. The molecular formula is C28H32F2N4O3. The molecule has 2 heterocycles. The van der Waals surface area contributed by atoms with E-state index in [9.17, 15) is 23.2 Å². The summed E-state index contributed by atoms with van der Waals surface area (Å²) in [7, 11) is 0. The maximum atomic E-state index is 14.1. The standard InChI is InChI=1S/C28H32F2N4O3/c29-21-9-7-19(15-22(21)30)28(37)34-24-10-8-20(27(36)33-13-4-11-31-12-14-33)16-23(24)32-26(35)17-25(34)18-5-2-1-3-6-18/h7-10,15-16,18,25,31H,1-6,11-14,17H2,(H,32,35). The summed E-state index contributed by atoms with van der Waals surface area (Å²) in [5.74, 6) is -2.89. The number of fused-ring (bicyclic) bond motifs is 1. The molecule has 0 bridgehead atoms. The van der Waals surface area contributed by atoms with Gasteiger partial charge in [-0.05, 0) is 68.1 Å². The Balaban J connectivity index is 1.55. The highest BCUT2D eigenvalue weighted by Crippen LogP contribution is 2.39. The number of hydrogen-bond donors (Lipinski definition) is 2. The van der Waals surface area contributed by atoms with Gasteiger partial charge in [-0.2, -0.15) is 0 Å². The SMILES string of the molecule is O=C1CC(C2CCCCC2)N(C(=O)c2ccc(F)c(F)c2)c2ccc(C(=O)N3CCCNCC3)cc2N1. The Morgan fingerprint density at radius 2 is 1.59 bits per heavy atom. The van der Waals surface area contributed by atoms with Gasteiger partial charge in [0, 0.05) is 43.2 Å². The Labute approximate surface area is 215 Å². The maximum absolute atomic E-state index is 14.1. The van der Waals surface area contributed by atoms with Gasteiger partial charge in [0.05, 0.1) is 11.4 Å². The molecule has 0 spiro atoms. The lowest BCUT2D eigenvalue weighted by Gasteiger charge is -2.37. The van der Waals surface area contributed by atoms with Gasteiger partial charge in [-0.25, -0.2) is 8.78 Å². The number of hydrogen-bond acceptors (Lipinski definition) is 4. The monoisotopic (exact) mass is 510 g/mol. The minimum absolute atomic E-state index is 0.0113. The molecule has 5 rings (SSSR count). The average molecular weight is 511 g/mol. The number of nitrogens with zero attached hydrogens (tertiary/aromatic N) is 2. The highest BCUT2D eigenvalue weighted by molar-refractivity contribution is 6.12. The summed E-state index contributed by atoms with van der Waals surface area (Å²) in [6, 6.07) is 7.68. The molecule has 196 valence electrons. The van der Waals surface area contributed by atoms with Gasteiger partial charge in [0.1, 0.15) is 0 Å². The number of amides is 3. The van der Waals surface area contributed by atoms with Gasteiger partial charge in [-0.15, -0.1) is 0 Å². The van der Waals surface area contributed by atoms with E-state index in [0.29, 0.717) is 36.6 Å². The molecule has 1 saturated carbocycles. The van der Waals surface area contributed by atoms with E-state index in [1.807, 2.05) is 0 Å². The van der Waals surface area contributed by atoms with Crippen molar-refractivity contribution in [3.63, 3.8) is 0 Å². The highest BCUT2D eigenvalue weighted by Gasteiger charge is 2.38. The first-order chi connectivity index (χ1) is 17.9. The Bertz CT molecular complexity index is 1190. The molecule has 2 fully saturated rings. The van der Waals surface area contributed by atoms with Crippen LogP contribution in [0.1, 0.15) is 65.7 Å². The van der Waals surface area contributed by atoms with Crippen molar-refractivity contribution in [3.8, 4) is 0 Å². The molecule has 7 nitrogen and oxygen atoms in total. The molecule has 0 radical (unpaired) electrons. The molecule has 1 aliphatic carbocycles. The van der Waals surface area contributed by atoms with E-state index in [1.165, 1.54) is 6.07 Å². The second kappa shape index (κ2) is 11.0. The minimum Gasteiger partial charge on any atom is -0.337 e. The summed E-state index contributed by atoms with van der Waals surface area (Å²) in [6.07, 6.45) is 5.86. The molecule has 2 aromatic carbocycles. The van der Waals surface area contributed by atoms with Crippen molar-refractivity contribution in [2.24, 2.45) is 5.92 Å². The third-order valence-corrected chi connectivity index (χ3v) is 7.71. The smallest absolute Gasteiger partial charge is 0.258 e. The Morgan fingerprint density at radius 1 is 0.838 bits per heavy atom. The van der Waals surface area contributed by atoms with Crippen LogP contribution in [0.2, 0.25) is 0 Å². The average Bonchev–Trinajstić information content (AvgIpc) is 3.27. The van der Waals surface area contributed by atoms with Crippen LogP contribution in [0.3, 0.4) is 0 Å². The van der Waals surface area contributed by atoms with E-state index in [4.69, 9.17) is 0 Å². The molecule has 0 aromatic heterocycles. The van der Waals surface area contributed by atoms with Gasteiger partial charge in [0.2, 0.25) is 5.91 Å². The van der Waals surface area contributed by atoms with Gasteiger partial charge < -0.3 is 20.4 Å². The Kier molecular flexibility index (Phi) is 7.50. The summed E-state index contributed by atoms with van der Waals surface area (Å²) < 4.78 is 27.7. The van der Waals surface area contributed by atoms with Crippen LogP contribution < -0.4 is 15.5 Å². The first-order valence-electron chi connectivity index (χ1n) is 13.1. The van der Waals surface area contributed by atoms with Crippen molar-refractivity contribution in [2.75, 3.05) is 36.4 Å². The highest BCUT2D eigenvalue weighted by atomic mass is 19.2. The largest absolute Gasteiger partial charge is 0.337 e. The second-order valence-electron chi connectivity index (χ2n) is 10.1. The number of nitrogens with one attached hydrogen (secondary N) is 2. The van der Waals surface area contributed by atoms with Crippen LogP contribution in [-0.2, 0) is 4.79 Å². The first-order valence-corrected chi connectivity index (χ1v) is 13.1. The van der Waals surface area contributed by atoms with Crippen molar-refractivity contribution >= 4 is 29.1 Å². The van der Waals surface area contributed by atoms with Crippen molar-refractivity contribution < 1.29 is 23.2 Å². The predicted molar refractivity (Wildman–Crippen MR) is 137 cm³/mol. The van der Waals surface area contributed by atoms with Crippen LogP contribution in [0.4, 0.5) is 20.2 Å². The topological polar surface area (TPSA) is 81.8 Å². The lowest BCUT2D eigenvalue weighted by Crippen LogP contribution is -2.46. The van der Waals surface area contributed by atoms with E-state index in [-0.39, 0.29) is 29.7 Å². The Hall–Kier alpha value is -3.33.